The molecule has 0 bridgehead atoms. The highest BCUT2D eigenvalue weighted by Gasteiger charge is 2.09. The molecule has 28 heavy (non-hydrogen) atoms. The van der Waals surface area contributed by atoms with Crippen LogP contribution in [-0.4, -0.2) is 11.0 Å². The Morgan fingerprint density at radius 2 is 1.50 bits per heavy atom. The molecule has 138 valence electrons. The van der Waals surface area contributed by atoms with Gasteiger partial charge < -0.3 is 15.1 Å². The monoisotopic (exact) mass is 369 g/mol. The highest BCUT2D eigenvalue weighted by Crippen LogP contribution is 2.25. The quantitative estimate of drug-likeness (QED) is 0.500. The van der Waals surface area contributed by atoms with E-state index in [1.165, 1.54) is 0 Å². The molecule has 0 aliphatic carbocycles. The molecule has 2 amide bonds. The average molecular weight is 369 g/mol. The Kier molecular flexibility index (Phi) is 5.15. The smallest absolute Gasteiger partial charge is 0.319 e. The van der Waals surface area contributed by atoms with Gasteiger partial charge in [0.15, 0.2) is 0 Å². The number of hydrogen-bond donors (Lipinski definition) is 2. The lowest BCUT2D eigenvalue weighted by Gasteiger charge is -2.08. The van der Waals surface area contributed by atoms with Crippen LogP contribution in [0.5, 0.6) is 0 Å². The Morgan fingerprint density at radius 3 is 2.21 bits per heavy atom. The van der Waals surface area contributed by atoms with Gasteiger partial charge >= 0.3 is 6.03 Å². The first-order valence-electron chi connectivity index (χ1n) is 8.98. The topological polar surface area (TPSA) is 67.2 Å². The number of rotatable bonds is 5. The maximum Gasteiger partial charge on any atom is 0.319 e. The standard InChI is InChI=1S/C23H19N3O2/c27-23(24-15-17-7-3-1-4-8-17)25-20-13-11-19(12-14-20)22-26-21(16-28-22)18-9-5-2-6-10-18/h1-14,16H,15H2,(H2,24,25,27). The van der Waals surface area contributed by atoms with Crippen LogP contribution in [0.4, 0.5) is 10.5 Å². The summed E-state index contributed by atoms with van der Waals surface area (Å²) < 4.78 is 5.60. The van der Waals surface area contributed by atoms with Crippen LogP contribution in [0.15, 0.2) is 95.6 Å². The van der Waals surface area contributed by atoms with Gasteiger partial charge in [-0.3, -0.25) is 0 Å². The Morgan fingerprint density at radius 1 is 0.821 bits per heavy atom. The van der Waals surface area contributed by atoms with E-state index < -0.39 is 0 Å². The highest BCUT2D eigenvalue weighted by molar-refractivity contribution is 5.89. The zero-order valence-electron chi connectivity index (χ0n) is 15.1. The number of hydrogen-bond acceptors (Lipinski definition) is 3. The van der Waals surface area contributed by atoms with Crippen LogP contribution in [0.3, 0.4) is 0 Å². The number of carbonyl (C=O) groups excluding carboxylic acids is 1. The third-order valence-electron chi connectivity index (χ3n) is 4.26. The summed E-state index contributed by atoms with van der Waals surface area (Å²) in [5, 5.41) is 5.66. The third kappa shape index (κ3) is 4.27. The van der Waals surface area contributed by atoms with Crippen LogP contribution in [0.25, 0.3) is 22.7 Å². The van der Waals surface area contributed by atoms with Gasteiger partial charge in [-0.2, -0.15) is 0 Å². The van der Waals surface area contributed by atoms with Gasteiger partial charge in [0.2, 0.25) is 5.89 Å². The maximum atomic E-state index is 12.0. The van der Waals surface area contributed by atoms with Gasteiger partial charge in [0.05, 0.1) is 0 Å². The van der Waals surface area contributed by atoms with Crippen molar-refractivity contribution in [1.82, 2.24) is 10.3 Å². The SMILES string of the molecule is O=C(NCc1ccccc1)Nc1ccc(-c2nc(-c3ccccc3)co2)cc1. The van der Waals surface area contributed by atoms with Gasteiger partial charge in [-0.15, -0.1) is 0 Å². The van der Waals surface area contributed by atoms with Gasteiger partial charge in [-0.25, -0.2) is 9.78 Å². The fourth-order valence-electron chi connectivity index (χ4n) is 2.80. The molecule has 0 spiro atoms. The van der Waals surface area contributed by atoms with Crippen molar-refractivity contribution < 1.29 is 9.21 Å². The van der Waals surface area contributed by atoms with Gasteiger partial charge in [0.25, 0.3) is 0 Å². The number of aromatic nitrogens is 1. The molecule has 5 heteroatoms. The minimum Gasteiger partial charge on any atom is -0.444 e. The van der Waals surface area contributed by atoms with Crippen molar-refractivity contribution in [2.75, 3.05) is 5.32 Å². The lowest BCUT2D eigenvalue weighted by atomic mass is 10.2. The molecular formula is C23H19N3O2. The van der Waals surface area contributed by atoms with Gasteiger partial charge in [-0.1, -0.05) is 60.7 Å². The number of urea groups is 1. The summed E-state index contributed by atoms with van der Waals surface area (Å²) in [5.74, 6) is 0.541. The molecule has 1 heterocycles. The first-order chi connectivity index (χ1) is 13.8. The summed E-state index contributed by atoms with van der Waals surface area (Å²) in [6.07, 6.45) is 1.65. The van der Waals surface area contributed by atoms with E-state index in [4.69, 9.17) is 4.42 Å². The molecule has 0 fully saturated rings. The van der Waals surface area contributed by atoms with Gasteiger partial charge in [0, 0.05) is 23.4 Å². The molecule has 5 nitrogen and oxygen atoms in total. The predicted molar refractivity (Wildman–Crippen MR) is 110 cm³/mol. The second-order valence-corrected chi connectivity index (χ2v) is 6.27. The number of nitrogens with one attached hydrogen (secondary N) is 2. The molecule has 0 unspecified atom stereocenters. The fourth-order valence-corrected chi connectivity index (χ4v) is 2.80. The predicted octanol–water partition coefficient (Wildman–Crippen LogP) is 5.33. The second-order valence-electron chi connectivity index (χ2n) is 6.27. The van der Waals surface area contributed by atoms with E-state index in [-0.39, 0.29) is 6.03 Å². The Balaban J connectivity index is 1.37. The maximum absolute atomic E-state index is 12.0. The van der Waals surface area contributed by atoms with E-state index in [9.17, 15) is 4.79 Å². The van der Waals surface area contributed by atoms with E-state index in [0.29, 0.717) is 18.1 Å². The molecule has 0 saturated heterocycles. The summed E-state index contributed by atoms with van der Waals surface area (Å²) in [4.78, 5) is 16.6. The van der Waals surface area contributed by atoms with Crippen LogP contribution in [0.2, 0.25) is 0 Å². The van der Waals surface area contributed by atoms with Crippen molar-refractivity contribution in [3.63, 3.8) is 0 Å². The Bertz CT molecular complexity index is 1040. The Hall–Kier alpha value is -3.86. The van der Waals surface area contributed by atoms with Crippen LogP contribution >= 0.6 is 0 Å². The molecule has 0 aliphatic rings. The largest absolute Gasteiger partial charge is 0.444 e. The molecule has 0 aliphatic heterocycles. The Labute approximate surface area is 163 Å². The molecule has 2 N–H and O–H groups in total. The first-order valence-corrected chi connectivity index (χ1v) is 8.98. The van der Waals surface area contributed by atoms with E-state index >= 15 is 0 Å². The lowest BCUT2D eigenvalue weighted by molar-refractivity contribution is 0.251. The lowest BCUT2D eigenvalue weighted by Crippen LogP contribution is -2.28. The highest BCUT2D eigenvalue weighted by atomic mass is 16.3. The van der Waals surface area contributed by atoms with Crippen molar-refractivity contribution in [3.8, 4) is 22.7 Å². The van der Waals surface area contributed by atoms with E-state index in [1.54, 1.807) is 6.26 Å². The third-order valence-corrected chi connectivity index (χ3v) is 4.26. The van der Waals surface area contributed by atoms with Crippen LogP contribution in [0, 0.1) is 0 Å². The van der Waals surface area contributed by atoms with Crippen LogP contribution in [0.1, 0.15) is 5.56 Å². The molecule has 0 saturated carbocycles. The van der Waals surface area contributed by atoms with Crippen molar-refractivity contribution >= 4 is 11.7 Å². The van der Waals surface area contributed by atoms with Crippen molar-refractivity contribution in [1.29, 1.82) is 0 Å². The zero-order chi connectivity index (χ0) is 19.2. The number of anilines is 1. The molecule has 3 aromatic carbocycles. The summed E-state index contributed by atoms with van der Waals surface area (Å²) >= 11 is 0. The minimum absolute atomic E-state index is 0.251. The summed E-state index contributed by atoms with van der Waals surface area (Å²) in [6, 6.07) is 26.8. The van der Waals surface area contributed by atoms with Gasteiger partial charge in [-0.05, 0) is 29.8 Å². The van der Waals surface area contributed by atoms with E-state index in [2.05, 4.69) is 15.6 Å². The molecule has 4 rings (SSSR count). The summed E-state index contributed by atoms with van der Waals surface area (Å²) in [7, 11) is 0. The number of benzene rings is 3. The second kappa shape index (κ2) is 8.22. The van der Waals surface area contributed by atoms with Crippen molar-refractivity contribution in [2.24, 2.45) is 0 Å². The summed E-state index contributed by atoms with van der Waals surface area (Å²) in [5.41, 5.74) is 4.39. The van der Waals surface area contributed by atoms with Gasteiger partial charge in [0.1, 0.15) is 12.0 Å². The number of amides is 2. The normalized spacial score (nSPS) is 10.4. The average Bonchev–Trinajstić information content (AvgIpc) is 3.25. The zero-order valence-corrected chi connectivity index (χ0v) is 15.1. The van der Waals surface area contributed by atoms with Crippen LogP contribution in [-0.2, 0) is 6.54 Å². The molecular weight excluding hydrogens is 350 g/mol. The first kappa shape index (κ1) is 17.5. The number of carbonyl (C=O) groups is 1. The molecule has 1 aromatic heterocycles. The van der Waals surface area contributed by atoms with Crippen LogP contribution < -0.4 is 10.6 Å². The number of nitrogens with zero attached hydrogens (tertiary/aromatic N) is 1. The molecule has 0 atom stereocenters. The minimum atomic E-state index is -0.251. The fraction of sp³-hybridized carbons (Fsp3) is 0.0435. The summed E-state index contributed by atoms with van der Waals surface area (Å²) in [6.45, 7) is 0.476. The molecule has 0 radical (unpaired) electrons. The van der Waals surface area contributed by atoms with E-state index in [1.807, 2.05) is 84.9 Å². The van der Waals surface area contributed by atoms with Crippen molar-refractivity contribution in [2.45, 2.75) is 6.54 Å². The van der Waals surface area contributed by atoms with E-state index in [0.717, 1.165) is 22.4 Å². The molecule has 4 aromatic rings. The van der Waals surface area contributed by atoms with Crippen molar-refractivity contribution in [3.05, 3.63) is 96.8 Å². The number of oxazole rings is 1.